The van der Waals surface area contributed by atoms with Gasteiger partial charge in [0.1, 0.15) is 5.82 Å². The summed E-state index contributed by atoms with van der Waals surface area (Å²) in [4.78, 5) is 34.7. The molecule has 2 amide bonds. The first-order valence-corrected chi connectivity index (χ1v) is 8.66. The summed E-state index contributed by atoms with van der Waals surface area (Å²) in [5, 5.41) is 3.55. The van der Waals surface area contributed by atoms with E-state index in [0.29, 0.717) is 22.3 Å². The molecule has 1 N–H and O–H groups in total. The predicted octanol–water partition coefficient (Wildman–Crippen LogP) is 3.41. The van der Waals surface area contributed by atoms with E-state index in [-0.39, 0.29) is 29.8 Å². The van der Waals surface area contributed by atoms with E-state index < -0.39 is 11.7 Å². The summed E-state index contributed by atoms with van der Waals surface area (Å²) in [6, 6.07) is 7.59. The van der Waals surface area contributed by atoms with Crippen LogP contribution in [0.25, 0.3) is 10.9 Å². The van der Waals surface area contributed by atoms with Gasteiger partial charge in [0.05, 0.1) is 22.1 Å². The fourth-order valence-corrected chi connectivity index (χ4v) is 3.24. The van der Waals surface area contributed by atoms with Crippen LogP contribution in [0.2, 0.25) is 5.02 Å². The first kappa shape index (κ1) is 17.4. The van der Waals surface area contributed by atoms with Crippen molar-refractivity contribution in [2.75, 3.05) is 16.8 Å². The Morgan fingerprint density at radius 3 is 2.93 bits per heavy atom. The number of carbonyl (C=O) groups is 2. The van der Waals surface area contributed by atoms with Gasteiger partial charge in [-0.3, -0.25) is 19.6 Å². The van der Waals surface area contributed by atoms with Gasteiger partial charge in [0.2, 0.25) is 11.8 Å². The second kappa shape index (κ2) is 6.92. The number of fused-ring (bicyclic) bond motifs is 1. The summed E-state index contributed by atoms with van der Waals surface area (Å²) in [6.45, 7) is 0.174. The van der Waals surface area contributed by atoms with Crippen LogP contribution in [0.5, 0.6) is 0 Å². The van der Waals surface area contributed by atoms with Crippen LogP contribution in [0.15, 0.2) is 48.9 Å². The minimum absolute atomic E-state index is 0.0159. The number of amides is 2. The molecule has 27 heavy (non-hydrogen) atoms. The molecule has 0 saturated carbocycles. The van der Waals surface area contributed by atoms with Gasteiger partial charge in [-0.25, -0.2) is 4.39 Å². The summed E-state index contributed by atoms with van der Waals surface area (Å²) in [5.41, 5.74) is 1.68. The minimum atomic E-state index is -0.606. The summed E-state index contributed by atoms with van der Waals surface area (Å²) in [6.07, 6.45) is 4.90. The summed E-state index contributed by atoms with van der Waals surface area (Å²) in [7, 11) is 0. The lowest BCUT2D eigenvalue weighted by atomic mass is 10.1. The van der Waals surface area contributed by atoms with Crippen LogP contribution < -0.4 is 10.2 Å². The topological polar surface area (TPSA) is 75.2 Å². The number of nitrogens with one attached hydrogen (secondary N) is 1. The number of rotatable bonds is 3. The third kappa shape index (κ3) is 3.33. The third-order valence-corrected chi connectivity index (χ3v) is 4.82. The quantitative estimate of drug-likeness (QED) is 0.750. The van der Waals surface area contributed by atoms with Gasteiger partial charge in [0.25, 0.3) is 0 Å². The molecule has 1 atom stereocenters. The van der Waals surface area contributed by atoms with E-state index in [9.17, 15) is 14.0 Å². The third-order valence-electron chi connectivity index (χ3n) is 4.51. The van der Waals surface area contributed by atoms with E-state index in [1.54, 1.807) is 36.8 Å². The molecule has 1 aromatic carbocycles. The molecule has 1 aliphatic heterocycles. The molecule has 0 bridgehead atoms. The van der Waals surface area contributed by atoms with Gasteiger partial charge in [0.15, 0.2) is 0 Å². The number of benzene rings is 1. The summed E-state index contributed by atoms with van der Waals surface area (Å²) in [5.74, 6) is -1.67. The zero-order valence-corrected chi connectivity index (χ0v) is 14.8. The molecule has 0 spiro atoms. The highest BCUT2D eigenvalue weighted by atomic mass is 35.5. The van der Waals surface area contributed by atoms with Crippen molar-refractivity contribution < 1.29 is 14.0 Å². The lowest BCUT2D eigenvalue weighted by Crippen LogP contribution is -2.28. The maximum atomic E-state index is 13.7. The Bertz CT molecular complexity index is 1050. The monoisotopic (exact) mass is 384 g/mol. The zero-order chi connectivity index (χ0) is 19.0. The molecule has 6 nitrogen and oxygen atoms in total. The van der Waals surface area contributed by atoms with Gasteiger partial charge >= 0.3 is 0 Å². The maximum absolute atomic E-state index is 13.7. The largest absolute Gasteiger partial charge is 0.325 e. The highest BCUT2D eigenvalue weighted by Gasteiger charge is 2.35. The summed E-state index contributed by atoms with van der Waals surface area (Å²) < 4.78 is 13.7. The van der Waals surface area contributed by atoms with Crippen molar-refractivity contribution >= 4 is 45.7 Å². The molecule has 4 rings (SSSR count). The molecule has 3 heterocycles. The van der Waals surface area contributed by atoms with Gasteiger partial charge in [-0.05, 0) is 30.3 Å². The van der Waals surface area contributed by atoms with Crippen LogP contribution in [0.1, 0.15) is 6.42 Å². The van der Waals surface area contributed by atoms with Crippen LogP contribution >= 0.6 is 11.6 Å². The second-order valence-corrected chi connectivity index (χ2v) is 6.65. The Balaban J connectivity index is 1.53. The van der Waals surface area contributed by atoms with Crippen LogP contribution in [0.3, 0.4) is 0 Å². The Morgan fingerprint density at radius 2 is 2.11 bits per heavy atom. The molecule has 1 aliphatic rings. The smallest absolute Gasteiger partial charge is 0.229 e. The van der Waals surface area contributed by atoms with Crippen molar-refractivity contribution in [3.63, 3.8) is 0 Å². The van der Waals surface area contributed by atoms with Crippen molar-refractivity contribution in [2.45, 2.75) is 6.42 Å². The highest BCUT2D eigenvalue weighted by molar-refractivity contribution is 6.30. The number of nitrogens with zero attached hydrogens (tertiary/aromatic N) is 3. The van der Waals surface area contributed by atoms with Crippen molar-refractivity contribution in [1.82, 2.24) is 9.97 Å². The Labute approximate surface area is 159 Å². The van der Waals surface area contributed by atoms with Crippen molar-refractivity contribution in [3.8, 4) is 0 Å². The van der Waals surface area contributed by atoms with E-state index in [1.807, 2.05) is 0 Å². The Hall–Kier alpha value is -3.06. The molecular formula is C19H14ClFN4O2. The molecule has 8 heteroatoms. The second-order valence-electron chi connectivity index (χ2n) is 6.24. The molecule has 0 aliphatic carbocycles. The highest BCUT2D eigenvalue weighted by Crippen LogP contribution is 2.29. The number of aromatic nitrogens is 2. The first-order valence-electron chi connectivity index (χ1n) is 8.28. The number of anilines is 2. The van der Waals surface area contributed by atoms with Crippen molar-refractivity contribution in [1.29, 1.82) is 0 Å². The average Bonchev–Trinajstić information content (AvgIpc) is 3.06. The van der Waals surface area contributed by atoms with Crippen LogP contribution in [0.4, 0.5) is 15.8 Å². The first-order chi connectivity index (χ1) is 13.0. The summed E-state index contributed by atoms with van der Waals surface area (Å²) >= 11 is 5.69. The van der Waals surface area contributed by atoms with Gasteiger partial charge in [-0.2, -0.15) is 0 Å². The van der Waals surface area contributed by atoms with Crippen LogP contribution in [-0.4, -0.2) is 28.3 Å². The molecular weight excluding hydrogens is 371 g/mol. The molecule has 1 saturated heterocycles. The van der Waals surface area contributed by atoms with E-state index in [4.69, 9.17) is 11.6 Å². The van der Waals surface area contributed by atoms with Crippen LogP contribution in [-0.2, 0) is 9.59 Å². The van der Waals surface area contributed by atoms with Crippen molar-refractivity contribution in [2.24, 2.45) is 5.92 Å². The van der Waals surface area contributed by atoms with E-state index in [2.05, 4.69) is 15.3 Å². The SMILES string of the molecule is O=C(Nc1ccnc2ccncc12)C1CC(=O)N(c2ccc(Cl)c(F)c2)C1. The lowest BCUT2D eigenvalue weighted by molar-refractivity contribution is -0.122. The van der Waals surface area contributed by atoms with E-state index in [0.717, 1.165) is 0 Å². The number of carbonyl (C=O) groups excluding carboxylic acids is 2. The van der Waals surface area contributed by atoms with E-state index >= 15 is 0 Å². The molecule has 136 valence electrons. The molecule has 0 radical (unpaired) electrons. The van der Waals surface area contributed by atoms with Gasteiger partial charge in [-0.1, -0.05) is 11.6 Å². The van der Waals surface area contributed by atoms with Gasteiger partial charge in [-0.15, -0.1) is 0 Å². The fourth-order valence-electron chi connectivity index (χ4n) is 3.12. The molecule has 1 fully saturated rings. The number of hydrogen-bond donors (Lipinski definition) is 1. The normalized spacial score (nSPS) is 16.7. The fraction of sp³-hybridized carbons (Fsp3) is 0.158. The number of hydrogen-bond acceptors (Lipinski definition) is 4. The molecule has 2 aromatic heterocycles. The van der Waals surface area contributed by atoms with Crippen LogP contribution in [0, 0.1) is 11.7 Å². The minimum Gasteiger partial charge on any atom is -0.325 e. The zero-order valence-electron chi connectivity index (χ0n) is 14.0. The maximum Gasteiger partial charge on any atom is 0.229 e. The van der Waals surface area contributed by atoms with E-state index in [1.165, 1.54) is 17.0 Å². The number of pyridine rings is 2. The Kier molecular flexibility index (Phi) is 4.45. The number of halogens is 2. The predicted molar refractivity (Wildman–Crippen MR) is 100 cm³/mol. The van der Waals surface area contributed by atoms with Crippen molar-refractivity contribution in [3.05, 3.63) is 59.8 Å². The standard InChI is InChI=1S/C19H14ClFN4O2/c20-14-2-1-12(8-15(14)21)25-10-11(7-18(25)26)19(27)24-17-4-6-23-16-3-5-22-9-13(16)17/h1-6,8-9,11H,7,10H2,(H,23,24,27). The molecule has 1 unspecified atom stereocenters. The van der Waals surface area contributed by atoms with Gasteiger partial charge < -0.3 is 10.2 Å². The van der Waals surface area contributed by atoms with Gasteiger partial charge in [0, 0.05) is 42.6 Å². The molecule has 3 aromatic rings. The Morgan fingerprint density at radius 1 is 1.26 bits per heavy atom. The average molecular weight is 385 g/mol. The lowest BCUT2D eigenvalue weighted by Gasteiger charge is -2.17.